The van der Waals surface area contributed by atoms with Gasteiger partial charge in [-0.05, 0) is 11.6 Å². The molecule has 0 bridgehead atoms. The van der Waals surface area contributed by atoms with Gasteiger partial charge in [-0.3, -0.25) is 4.79 Å². The van der Waals surface area contributed by atoms with Crippen LogP contribution < -0.4 is 16.4 Å². The van der Waals surface area contributed by atoms with Crippen molar-refractivity contribution in [3.63, 3.8) is 0 Å². The Morgan fingerprint density at radius 3 is 3.12 bits per heavy atom. The molecule has 1 aromatic rings. The molecule has 0 fully saturated rings. The first-order valence-corrected chi connectivity index (χ1v) is 5.29. The minimum absolute atomic E-state index is 0.0568. The zero-order chi connectivity index (χ0) is 12.7. The molecule has 17 heavy (non-hydrogen) atoms. The maximum atomic E-state index is 11.3. The van der Waals surface area contributed by atoms with E-state index >= 15 is 0 Å². The van der Waals surface area contributed by atoms with Crippen molar-refractivity contribution in [2.24, 2.45) is 0 Å². The van der Waals surface area contributed by atoms with Crippen LogP contribution in [-0.4, -0.2) is 42.7 Å². The fraction of sp³-hybridized carbons (Fsp3) is 0.444. The SMILES string of the molecule is COCCNC(=O)CNc1nc(Cl)ncc1N. The lowest BCUT2D eigenvalue weighted by atomic mass is 10.4. The number of hydrogen-bond acceptors (Lipinski definition) is 6. The van der Waals surface area contributed by atoms with Gasteiger partial charge in [-0.1, -0.05) is 0 Å². The molecule has 1 aromatic heterocycles. The lowest BCUT2D eigenvalue weighted by molar-refractivity contribution is -0.119. The number of methoxy groups -OCH3 is 1. The summed E-state index contributed by atoms with van der Waals surface area (Å²) in [5, 5.41) is 5.48. The predicted molar refractivity (Wildman–Crippen MR) is 64.8 cm³/mol. The summed E-state index contributed by atoms with van der Waals surface area (Å²) in [4.78, 5) is 18.9. The quantitative estimate of drug-likeness (QED) is 0.487. The summed E-state index contributed by atoms with van der Waals surface area (Å²) in [5.41, 5.74) is 5.93. The first kappa shape index (κ1) is 13.5. The van der Waals surface area contributed by atoms with Gasteiger partial charge in [0.2, 0.25) is 11.2 Å². The van der Waals surface area contributed by atoms with E-state index in [0.717, 1.165) is 0 Å². The Labute approximate surface area is 104 Å². The highest BCUT2D eigenvalue weighted by Gasteiger charge is 2.05. The Balaban J connectivity index is 2.39. The molecular formula is C9H14ClN5O2. The molecule has 0 unspecified atom stereocenters. The molecule has 0 aliphatic heterocycles. The second-order valence-corrected chi connectivity index (χ2v) is 3.48. The fourth-order valence-corrected chi connectivity index (χ4v) is 1.16. The number of amides is 1. The zero-order valence-electron chi connectivity index (χ0n) is 9.36. The molecule has 0 saturated carbocycles. The molecule has 1 amide bonds. The smallest absolute Gasteiger partial charge is 0.239 e. The Morgan fingerprint density at radius 1 is 1.65 bits per heavy atom. The van der Waals surface area contributed by atoms with Gasteiger partial charge < -0.3 is 21.1 Å². The summed E-state index contributed by atoms with van der Waals surface area (Å²) in [5.74, 6) is 0.156. The first-order valence-electron chi connectivity index (χ1n) is 4.91. The van der Waals surface area contributed by atoms with Gasteiger partial charge >= 0.3 is 0 Å². The van der Waals surface area contributed by atoms with E-state index in [1.54, 1.807) is 7.11 Å². The molecular weight excluding hydrogens is 246 g/mol. The Kier molecular flexibility index (Phi) is 5.44. The molecule has 0 spiro atoms. The molecule has 7 nitrogen and oxygen atoms in total. The van der Waals surface area contributed by atoms with Crippen LogP contribution in [-0.2, 0) is 9.53 Å². The largest absolute Gasteiger partial charge is 0.394 e. The molecule has 0 saturated heterocycles. The molecule has 0 aromatic carbocycles. The average Bonchev–Trinajstić information content (AvgIpc) is 2.31. The van der Waals surface area contributed by atoms with Gasteiger partial charge in [0.15, 0.2) is 5.82 Å². The molecule has 0 aliphatic rings. The average molecular weight is 260 g/mol. The van der Waals surface area contributed by atoms with E-state index < -0.39 is 0 Å². The van der Waals surface area contributed by atoms with Gasteiger partial charge in [0.25, 0.3) is 0 Å². The second kappa shape index (κ2) is 6.87. The monoisotopic (exact) mass is 259 g/mol. The third-order valence-electron chi connectivity index (χ3n) is 1.83. The van der Waals surface area contributed by atoms with Crippen molar-refractivity contribution in [1.82, 2.24) is 15.3 Å². The van der Waals surface area contributed by atoms with Crippen molar-refractivity contribution in [2.45, 2.75) is 0 Å². The van der Waals surface area contributed by atoms with E-state index in [1.165, 1.54) is 6.20 Å². The standard InChI is InChI=1S/C9H14ClN5O2/c1-17-3-2-12-7(16)5-13-8-6(11)4-14-9(10)15-8/h4H,2-3,5,11H2,1H3,(H,12,16)(H,13,14,15). The van der Waals surface area contributed by atoms with Crippen LogP contribution in [0.3, 0.4) is 0 Å². The number of nitrogens with zero attached hydrogens (tertiary/aromatic N) is 2. The number of carbonyl (C=O) groups excluding carboxylic acids is 1. The number of aromatic nitrogens is 2. The topological polar surface area (TPSA) is 102 Å². The van der Waals surface area contributed by atoms with Crippen LogP contribution in [0.1, 0.15) is 0 Å². The highest BCUT2D eigenvalue weighted by molar-refractivity contribution is 6.28. The number of hydrogen-bond donors (Lipinski definition) is 3. The molecule has 1 rings (SSSR count). The highest BCUT2D eigenvalue weighted by Crippen LogP contribution is 2.14. The summed E-state index contributed by atoms with van der Waals surface area (Å²) < 4.78 is 4.80. The molecule has 0 atom stereocenters. The maximum Gasteiger partial charge on any atom is 0.239 e. The van der Waals surface area contributed by atoms with Crippen molar-refractivity contribution < 1.29 is 9.53 Å². The van der Waals surface area contributed by atoms with Crippen molar-refractivity contribution in [1.29, 1.82) is 0 Å². The number of nitrogen functional groups attached to an aromatic ring is 1. The number of nitrogens with one attached hydrogen (secondary N) is 2. The van der Waals surface area contributed by atoms with Crippen LogP contribution in [0, 0.1) is 0 Å². The molecule has 94 valence electrons. The van der Waals surface area contributed by atoms with Crippen molar-refractivity contribution in [3.8, 4) is 0 Å². The van der Waals surface area contributed by atoms with E-state index in [4.69, 9.17) is 22.1 Å². The van der Waals surface area contributed by atoms with E-state index in [2.05, 4.69) is 20.6 Å². The number of rotatable bonds is 6. The Hall–Kier alpha value is -1.60. The maximum absolute atomic E-state index is 11.3. The van der Waals surface area contributed by atoms with Crippen molar-refractivity contribution >= 4 is 29.0 Å². The fourth-order valence-electron chi connectivity index (χ4n) is 1.03. The summed E-state index contributed by atoms with van der Waals surface area (Å²) >= 11 is 5.60. The van der Waals surface area contributed by atoms with Gasteiger partial charge in [0.1, 0.15) is 0 Å². The third-order valence-corrected chi connectivity index (χ3v) is 2.01. The van der Waals surface area contributed by atoms with Gasteiger partial charge in [0, 0.05) is 13.7 Å². The number of anilines is 2. The minimum atomic E-state index is -0.184. The van der Waals surface area contributed by atoms with Gasteiger partial charge in [-0.15, -0.1) is 0 Å². The van der Waals surface area contributed by atoms with Crippen LogP contribution >= 0.6 is 11.6 Å². The lowest BCUT2D eigenvalue weighted by Gasteiger charge is -2.08. The summed E-state index contributed by atoms with van der Waals surface area (Å²) in [7, 11) is 1.56. The van der Waals surface area contributed by atoms with E-state index in [9.17, 15) is 4.79 Å². The van der Waals surface area contributed by atoms with E-state index in [-0.39, 0.29) is 17.7 Å². The van der Waals surface area contributed by atoms with Crippen LogP contribution in [0.25, 0.3) is 0 Å². The minimum Gasteiger partial charge on any atom is -0.394 e. The number of nitrogens with two attached hydrogens (primary N) is 1. The first-order chi connectivity index (χ1) is 8.13. The molecule has 4 N–H and O–H groups in total. The highest BCUT2D eigenvalue weighted by atomic mass is 35.5. The van der Waals surface area contributed by atoms with E-state index in [0.29, 0.717) is 24.7 Å². The second-order valence-electron chi connectivity index (χ2n) is 3.14. The molecule has 0 aliphatic carbocycles. The Bertz CT molecular complexity index is 388. The van der Waals surface area contributed by atoms with Gasteiger partial charge in [0.05, 0.1) is 25.0 Å². The normalized spacial score (nSPS) is 10.0. The number of carbonyl (C=O) groups is 1. The van der Waals surface area contributed by atoms with Crippen LogP contribution in [0.15, 0.2) is 6.20 Å². The summed E-state index contributed by atoms with van der Waals surface area (Å²) in [6.45, 7) is 0.978. The third kappa shape index (κ3) is 4.83. The lowest BCUT2D eigenvalue weighted by Crippen LogP contribution is -2.32. The Morgan fingerprint density at radius 2 is 2.41 bits per heavy atom. The van der Waals surface area contributed by atoms with E-state index in [1.807, 2.05) is 0 Å². The number of halogens is 1. The molecule has 0 radical (unpaired) electrons. The number of ether oxygens (including phenoxy) is 1. The van der Waals surface area contributed by atoms with Crippen LogP contribution in [0.4, 0.5) is 11.5 Å². The zero-order valence-corrected chi connectivity index (χ0v) is 10.1. The summed E-state index contributed by atoms with van der Waals surface area (Å²) in [6, 6.07) is 0. The predicted octanol–water partition coefficient (Wildman–Crippen LogP) is -0.113. The molecule has 8 heteroatoms. The van der Waals surface area contributed by atoms with Crippen LogP contribution in [0.2, 0.25) is 5.28 Å². The van der Waals surface area contributed by atoms with Crippen molar-refractivity contribution in [2.75, 3.05) is 37.9 Å². The summed E-state index contributed by atoms with van der Waals surface area (Å²) in [6.07, 6.45) is 1.38. The van der Waals surface area contributed by atoms with Crippen LogP contribution in [0.5, 0.6) is 0 Å². The molecule has 1 heterocycles. The van der Waals surface area contributed by atoms with Gasteiger partial charge in [-0.25, -0.2) is 4.98 Å². The van der Waals surface area contributed by atoms with Crippen molar-refractivity contribution in [3.05, 3.63) is 11.5 Å². The van der Waals surface area contributed by atoms with Gasteiger partial charge in [-0.2, -0.15) is 4.98 Å².